The first kappa shape index (κ1) is 16.8. The molecule has 25 heavy (non-hydrogen) atoms. The van der Waals surface area contributed by atoms with E-state index in [1.54, 1.807) is 4.31 Å². The molecule has 1 saturated heterocycles. The minimum atomic E-state index is -3.45. The van der Waals surface area contributed by atoms with Crippen molar-refractivity contribution in [3.63, 3.8) is 0 Å². The van der Waals surface area contributed by atoms with E-state index in [9.17, 15) is 8.42 Å². The van der Waals surface area contributed by atoms with Crippen molar-refractivity contribution in [3.05, 3.63) is 64.7 Å². The van der Waals surface area contributed by atoms with E-state index in [4.69, 9.17) is 0 Å². The van der Waals surface area contributed by atoms with Crippen LogP contribution in [0.3, 0.4) is 0 Å². The Hall–Kier alpha value is -1.65. The van der Waals surface area contributed by atoms with Gasteiger partial charge >= 0.3 is 0 Å². The van der Waals surface area contributed by atoms with Crippen LogP contribution in [0.5, 0.6) is 0 Å². The first-order valence-electron chi connectivity index (χ1n) is 9.26. The molecule has 4 heteroatoms. The van der Waals surface area contributed by atoms with Crippen LogP contribution in [0.4, 0.5) is 0 Å². The van der Waals surface area contributed by atoms with Gasteiger partial charge in [-0.05, 0) is 74.3 Å². The van der Waals surface area contributed by atoms with E-state index in [-0.39, 0.29) is 6.04 Å². The Bertz CT molecular complexity index is 871. The molecule has 2 aromatic carbocycles. The van der Waals surface area contributed by atoms with Gasteiger partial charge in [0.15, 0.2) is 0 Å². The maximum absolute atomic E-state index is 13.3. The normalized spacial score (nSPS) is 21.2. The fourth-order valence-corrected chi connectivity index (χ4v) is 5.89. The van der Waals surface area contributed by atoms with Crippen LogP contribution in [0.15, 0.2) is 47.4 Å². The molecule has 2 aromatic rings. The molecule has 3 nitrogen and oxygen atoms in total. The zero-order chi connectivity index (χ0) is 17.4. The number of hydrogen-bond donors (Lipinski definition) is 0. The van der Waals surface area contributed by atoms with Gasteiger partial charge in [-0.25, -0.2) is 8.42 Å². The summed E-state index contributed by atoms with van der Waals surface area (Å²) >= 11 is 0. The van der Waals surface area contributed by atoms with Crippen LogP contribution < -0.4 is 0 Å². The third-order valence-electron chi connectivity index (χ3n) is 5.59. The fraction of sp³-hybridized carbons (Fsp3) is 0.429. The van der Waals surface area contributed by atoms with E-state index < -0.39 is 10.0 Å². The lowest BCUT2D eigenvalue weighted by atomic mass is 9.92. The SMILES string of the molecule is Cc1ccc(C2CCCN2S(=O)(=O)c2ccc3c(c2)CCCC3)cc1. The number of benzene rings is 2. The van der Waals surface area contributed by atoms with Crippen LogP contribution in [0.25, 0.3) is 0 Å². The average Bonchev–Trinajstić information content (AvgIpc) is 3.12. The van der Waals surface area contributed by atoms with E-state index in [1.165, 1.54) is 23.1 Å². The largest absolute Gasteiger partial charge is 0.243 e. The molecular formula is C21H25NO2S. The molecule has 1 heterocycles. The van der Waals surface area contributed by atoms with Crippen molar-refractivity contribution < 1.29 is 8.42 Å². The van der Waals surface area contributed by atoms with Gasteiger partial charge in [0, 0.05) is 6.54 Å². The van der Waals surface area contributed by atoms with Crippen LogP contribution in [-0.4, -0.2) is 19.3 Å². The van der Waals surface area contributed by atoms with Gasteiger partial charge < -0.3 is 0 Å². The van der Waals surface area contributed by atoms with E-state index >= 15 is 0 Å². The Morgan fingerprint density at radius 3 is 2.40 bits per heavy atom. The highest BCUT2D eigenvalue weighted by Gasteiger charge is 2.36. The molecule has 2 aliphatic rings. The van der Waals surface area contributed by atoms with E-state index in [1.807, 2.05) is 18.2 Å². The highest BCUT2D eigenvalue weighted by atomic mass is 32.2. The Kier molecular flexibility index (Phi) is 4.42. The van der Waals surface area contributed by atoms with Crippen LogP contribution >= 0.6 is 0 Å². The molecule has 0 saturated carbocycles. The van der Waals surface area contributed by atoms with E-state index in [0.29, 0.717) is 11.4 Å². The van der Waals surface area contributed by atoms with Crippen molar-refractivity contribution in [2.75, 3.05) is 6.54 Å². The lowest BCUT2D eigenvalue weighted by molar-refractivity contribution is 0.396. The Balaban J connectivity index is 1.68. The van der Waals surface area contributed by atoms with Gasteiger partial charge in [0.05, 0.1) is 10.9 Å². The molecule has 1 fully saturated rings. The summed E-state index contributed by atoms with van der Waals surface area (Å²) in [6.07, 6.45) is 6.26. The second-order valence-electron chi connectivity index (χ2n) is 7.32. The highest BCUT2D eigenvalue weighted by Crippen LogP contribution is 2.37. The number of aryl methyl sites for hydroxylation is 3. The summed E-state index contributed by atoms with van der Waals surface area (Å²) in [5.74, 6) is 0. The molecule has 0 aromatic heterocycles. The van der Waals surface area contributed by atoms with Gasteiger partial charge in [-0.1, -0.05) is 35.9 Å². The Labute approximate surface area is 150 Å². The van der Waals surface area contributed by atoms with Crippen molar-refractivity contribution in [2.45, 2.75) is 56.4 Å². The van der Waals surface area contributed by atoms with Crippen LogP contribution in [0.1, 0.15) is 54.0 Å². The van der Waals surface area contributed by atoms with Gasteiger partial charge in [0.2, 0.25) is 10.0 Å². The zero-order valence-corrected chi connectivity index (χ0v) is 15.6. The number of hydrogen-bond acceptors (Lipinski definition) is 2. The van der Waals surface area contributed by atoms with Gasteiger partial charge in [-0.2, -0.15) is 4.31 Å². The van der Waals surface area contributed by atoms with Crippen LogP contribution in [0, 0.1) is 6.92 Å². The van der Waals surface area contributed by atoms with Crippen molar-refractivity contribution in [2.24, 2.45) is 0 Å². The molecule has 0 spiro atoms. The predicted octanol–water partition coefficient (Wildman–Crippen LogP) is 4.40. The van der Waals surface area contributed by atoms with Crippen LogP contribution in [-0.2, 0) is 22.9 Å². The monoisotopic (exact) mass is 355 g/mol. The highest BCUT2D eigenvalue weighted by molar-refractivity contribution is 7.89. The molecule has 0 N–H and O–H groups in total. The lowest BCUT2D eigenvalue weighted by Crippen LogP contribution is -2.30. The third-order valence-corrected chi connectivity index (χ3v) is 7.50. The molecule has 0 radical (unpaired) electrons. The van der Waals surface area contributed by atoms with E-state index in [0.717, 1.165) is 37.7 Å². The van der Waals surface area contributed by atoms with Gasteiger partial charge in [0.25, 0.3) is 0 Å². The maximum atomic E-state index is 13.3. The Morgan fingerprint density at radius 1 is 0.920 bits per heavy atom. The number of nitrogens with zero attached hydrogens (tertiary/aromatic N) is 1. The molecule has 132 valence electrons. The zero-order valence-electron chi connectivity index (χ0n) is 14.7. The molecule has 1 unspecified atom stereocenters. The number of rotatable bonds is 3. The second-order valence-corrected chi connectivity index (χ2v) is 9.21. The number of sulfonamides is 1. The van der Waals surface area contributed by atoms with Crippen LogP contribution in [0.2, 0.25) is 0 Å². The summed E-state index contributed by atoms with van der Waals surface area (Å²) in [5, 5.41) is 0. The summed E-state index contributed by atoms with van der Waals surface area (Å²) in [7, 11) is -3.45. The fourth-order valence-electron chi connectivity index (χ4n) is 4.16. The topological polar surface area (TPSA) is 37.4 Å². The number of fused-ring (bicyclic) bond motifs is 1. The van der Waals surface area contributed by atoms with Gasteiger partial charge in [-0.15, -0.1) is 0 Å². The summed E-state index contributed by atoms with van der Waals surface area (Å²) in [4.78, 5) is 0.465. The minimum Gasteiger partial charge on any atom is -0.207 e. The maximum Gasteiger partial charge on any atom is 0.243 e. The van der Waals surface area contributed by atoms with Crippen molar-refractivity contribution in [1.29, 1.82) is 0 Å². The molecule has 0 bridgehead atoms. The average molecular weight is 356 g/mol. The molecule has 1 aliphatic heterocycles. The molecule has 0 amide bonds. The smallest absolute Gasteiger partial charge is 0.207 e. The van der Waals surface area contributed by atoms with Gasteiger partial charge in [-0.3, -0.25) is 0 Å². The summed E-state index contributed by atoms with van der Waals surface area (Å²) in [5.41, 5.74) is 4.84. The first-order valence-corrected chi connectivity index (χ1v) is 10.7. The van der Waals surface area contributed by atoms with Crippen molar-refractivity contribution in [1.82, 2.24) is 4.31 Å². The van der Waals surface area contributed by atoms with Crippen molar-refractivity contribution in [3.8, 4) is 0 Å². The Morgan fingerprint density at radius 2 is 1.64 bits per heavy atom. The standard InChI is InChI=1S/C21H25NO2S/c1-16-8-10-18(11-9-16)21-7-4-14-22(21)25(23,24)20-13-12-17-5-2-3-6-19(17)15-20/h8-13,15,21H,2-7,14H2,1H3. The third kappa shape index (κ3) is 3.13. The molecule has 4 rings (SSSR count). The quantitative estimate of drug-likeness (QED) is 0.818. The lowest BCUT2D eigenvalue weighted by Gasteiger charge is -2.25. The summed E-state index contributed by atoms with van der Waals surface area (Å²) < 4.78 is 28.3. The molecular weight excluding hydrogens is 330 g/mol. The predicted molar refractivity (Wildman–Crippen MR) is 100 cm³/mol. The van der Waals surface area contributed by atoms with Gasteiger partial charge in [0.1, 0.15) is 0 Å². The van der Waals surface area contributed by atoms with Crippen molar-refractivity contribution >= 4 is 10.0 Å². The first-order chi connectivity index (χ1) is 12.1. The second kappa shape index (κ2) is 6.58. The minimum absolute atomic E-state index is 0.0402. The molecule has 1 aliphatic carbocycles. The van der Waals surface area contributed by atoms with E-state index in [2.05, 4.69) is 31.2 Å². The summed E-state index contributed by atoms with van der Waals surface area (Å²) in [6.45, 7) is 2.66. The summed E-state index contributed by atoms with van der Waals surface area (Å²) in [6, 6.07) is 14.0. The molecule has 1 atom stereocenters.